The summed E-state index contributed by atoms with van der Waals surface area (Å²) in [5.74, 6) is 1.75. The predicted molar refractivity (Wildman–Crippen MR) is 88.0 cm³/mol. The molecule has 0 spiro atoms. The lowest BCUT2D eigenvalue weighted by Crippen LogP contribution is -2.08. The molecular weight excluding hydrogens is 276 g/mol. The zero-order valence-electron chi connectivity index (χ0n) is 12.8. The van der Waals surface area contributed by atoms with Gasteiger partial charge in [-0.15, -0.1) is 0 Å². The molecule has 0 fully saturated rings. The number of rotatable bonds is 5. The minimum atomic E-state index is -0.554. The number of para-hydroxylation sites is 1. The van der Waals surface area contributed by atoms with Crippen LogP contribution in [-0.4, -0.2) is 16.6 Å². The number of fused-ring (bicyclic) bond motifs is 1. The molecule has 0 aliphatic heterocycles. The van der Waals surface area contributed by atoms with Crippen molar-refractivity contribution in [2.75, 3.05) is 11.9 Å². The summed E-state index contributed by atoms with van der Waals surface area (Å²) in [5.41, 5.74) is 2.84. The molecule has 1 aromatic carbocycles. The molecule has 0 aliphatic rings. The van der Waals surface area contributed by atoms with Crippen molar-refractivity contribution in [2.24, 2.45) is 0 Å². The molecule has 4 nitrogen and oxygen atoms in total. The Bertz CT molecular complexity index is 778. The first-order chi connectivity index (χ1) is 10.6. The Labute approximate surface area is 129 Å². The van der Waals surface area contributed by atoms with Crippen LogP contribution in [0.3, 0.4) is 0 Å². The fourth-order valence-electron chi connectivity index (χ4n) is 2.63. The number of aliphatic hydroxyl groups is 1. The van der Waals surface area contributed by atoms with E-state index in [1.165, 1.54) is 10.9 Å². The van der Waals surface area contributed by atoms with Gasteiger partial charge in [0, 0.05) is 17.5 Å². The van der Waals surface area contributed by atoms with Gasteiger partial charge in [0.15, 0.2) is 0 Å². The van der Waals surface area contributed by atoms with Crippen molar-refractivity contribution in [2.45, 2.75) is 26.4 Å². The summed E-state index contributed by atoms with van der Waals surface area (Å²) >= 11 is 0. The molecule has 22 heavy (non-hydrogen) atoms. The Morgan fingerprint density at radius 2 is 2.00 bits per heavy atom. The maximum absolute atomic E-state index is 9.58. The van der Waals surface area contributed by atoms with Gasteiger partial charge in [0.2, 0.25) is 0 Å². The monoisotopic (exact) mass is 296 g/mol. The zero-order valence-corrected chi connectivity index (χ0v) is 12.8. The van der Waals surface area contributed by atoms with Crippen molar-refractivity contribution in [1.82, 2.24) is 4.98 Å². The van der Waals surface area contributed by atoms with E-state index in [9.17, 15) is 5.11 Å². The third-order valence-electron chi connectivity index (χ3n) is 3.78. The highest BCUT2D eigenvalue weighted by Crippen LogP contribution is 2.25. The Kier molecular flexibility index (Phi) is 4.11. The van der Waals surface area contributed by atoms with Gasteiger partial charge in [-0.1, -0.05) is 24.3 Å². The van der Waals surface area contributed by atoms with E-state index in [4.69, 9.17) is 4.42 Å². The van der Waals surface area contributed by atoms with E-state index in [-0.39, 0.29) is 0 Å². The fourth-order valence-corrected chi connectivity index (χ4v) is 2.63. The van der Waals surface area contributed by atoms with Crippen LogP contribution in [0.15, 0.2) is 46.9 Å². The van der Waals surface area contributed by atoms with Gasteiger partial charge in [-0.3, -0.25) is 0 Å². The number of benzene rings is 1. The second-order valence-corrected chi connectivity index (χ2v) is 5.43. The number of aryl methyl sites for hydroxylation is 1. The molecule has 1 unspecified atom stereocenters. The average Bonchev–Trinajstić information content (AvgIpc) is 2.84. The summed E-state index contributed by atoms with van der Waals surface area (Å²) in [4.78, 5) is 4.39. The van der Waals surface area contributed by atoms with Gasteiger partial charge in [-0.2, -0.15) is 0 Å². The minimum Gasteiger partial charge on any atom is -0.461 e. The Morgan fingerprint density at radius 1 is 1.18 bits per heavy atom. The zero-order chi connectivity index (χ0) is 15.5. The number of pyridine rings is 1. The minimum absolute atomic E-state index is 0.554. The second-order valence-electron chi connectivity index (χ2n) is 5.43. The van der Waals surface area contributed by atoms with Crippen LogP contribution in [-0.2, 0) is 6.42 Å². The highest BCUT2D eigenvalue weighted by molar-refractivity contribution is 5.82. The average molecular weight is 296 g/mol. The number of hydrogen-bond acceptors (Lipinski definition) is 4. The van der Waals surface area contributed by atoms with Crippen molar-refractivity contribution < 1.29 is 9.52 Å². The van der Waals surface area contributed by atoms with E-state index < -0.39 is 6.10 Å². The first-order valence-corrected chi connectivity index (χ1v) is 7.51. The molecule has 3 rings (SSSR count). The van der Waals surface area contributed by atoms with Gasteiger partial charge in [0.05, 0.1) is 11.8 Å². The van der Waals surface area contributed by atoms with E-state index in [1.54, 1.807) is 6.92 Å². The second kappa shape index (κ2) is 6.20. The van der Waals surface area contributed by atoms with Gasteiger partial charge in [0.1, 0.15) is 17.2 Å². The molecule has 4 heteroatoms. The molecule has 3 aromatic rings. The lowest BCUT2D eigenvalue weighted by Gasteiger charge is -2.09. The fraction of sp³-hybridized carbons (Fsp3) is 0.278. The van der Waals surface area contributed by atoms with Gasteiger partial charge in [-0.05, 0) is 38.5 Å². The lowest BCUT2D eigenvalue weighted by atomic mass is 10.1. The summed E-state index contributed by atoms with van der Waals surface area (Å²) in [6.07, 6.45) is 0.311. The Balaban J connectivity index is 1.70. The van der Waals surface area contributed by atoms with Crippen molar-refractivity contribution in [3.05, 3.63) is 59.5 Å². The number of nitrogens with one attached hydrogen (secondary N) is 1. The third-order valence-corrected chi connectivity index (χ3v) is 3.78. The van der Waals surface area contributed by atoms with Crippen LogP contribution in [0.5, 0.6) is 0 Å². The molecule has 0 amide bonds. The van der Waals surface area contributed by atoms with Crippen LogP contribution in [0, 0.1) is 6.92 Å². The molecule has 2 N–H and O–H groups in total. The van der Waals surface area contributed by atoms with E-state index >= 15 is 0 Å². The maximum atomic E-state index is 9.58. The van der Waals surface area contributed by atoms with Crippen molar-refractivity contribution in [1.29, 1.82) is 0 Å². The first-order valence-electron chi connectivity index (χ1n) is 7.51. The molecule has 0 aliphatic carbocycles. The molecule has 0 radical (unpaired) electrons. The quantitative estimate of drug-likeness (QED) is 0.751. The van der Waals surface area contributed by atoms with Crippen molar-refractivity contribution in [3.63, 3.8) is 0 Å². The highest BCUT2D eigenvalue weighted by atomic mass is 16.3. The summed E-state index contributed by atoms with van der Waals surface area (Å²) in [5, 5.41) is 14.1. The lowest BCUT2D eigenvalue weighted by molar-refractivity contribution is 0.194. The topological polar surface area (TPSA) is 58.3 Å². The van der Waals surface area contributed by atoms with Gasteiger partial charge >= 0.3 is 0 Å². The summed E-state index contributed by atoms with van der Waals surface area (Å²) in [6.45, 7) is 4.48. The van der Waals surface area contributed by atoms with E-state index in [0.29, 0.717) is 5.69 Å². The molecule has 114 valence electrons. The molecule has 0 saturated heterocycles. The maximum Gasteiger partial charge on any atom is 0.134 e. The van der Waals surface area contributed by atoms with Gasteiger partial charge in [0.25, 0.3) is 0 Å². The normalized spacial score (nSPS) is 12.5. The summed E-state index contributed by atoms with van der Waals surface area (Å²) < 4.78 is 5.78. The molecule has 1 atom stereocenters. The highest BCUT2D eigenvalue weighted by Gasteiger charge is 2.10. The van der Waals surface area contributed by atoms with Crippen LogP contribution in [0.25, 0.3) is 11.0 Å². The van der Waals surface area contributed by atoms with E-state index in [1.807, 2.05) is 43.3 Å². The molecule has 2 heterocycles. The largest absolute Gasteiger partial charge is 0.461 e. The molecule has 0 bridgehead atoms. The van der Waals surface area contributed by atoms with Gasteiger partial charge < -0.3 is 14.8 Å². The van der Waals surface area contributed by atoms with E-state index in [2.05, 4.69) is 16.4 Å². The van der Waals surface area contributed by atoms with E-state index in [0.717, 1.165) is 30.1 Å². The number of furan rings is 1. The van der Waals surface area contributed by atoms with Crippen LogP contribution in [0.2, 0.25) is 0 Å². The smallest absolute Gasteiger partial charge is 0.134 e. The summed E-state index contributed by atoms with van der Waals surface area (Å²) in [6, 6.07) is 13.7. The van der Waals surface area contributed by atoms with Gasteiger partial charge in [-0.25, -0.2) is 4.98 Å². The Hall–Kier alpha value is -2.33. The summed E-state index contributed by atoms with van der Waals surface area (Å²) in [7, 11) is 0. The van der Waals surface area contributed by atoms with Crippen LogP contribution >= 0.6 is 0 Å². The van der Waals surface area contributed by atoms with Crippen LogP contribution in [0.1, 0.15) is 30.0 Å². The molecule has 2 aromatic heterocycles. The first kappa shape index (κ1) is 14.6. The number of aliphatic hydroxyl groups excluding tert-OH is 1. The van der Waals surface area contributed by atoms with Crippen LogP contribution < -0.4 is 5.32 Å². The standard InChI is InChI=1S/C18H20N2O2/c1-12(21)16-7-5-9-18(20-16)19-11-10-14-13(2)22-17-8-4-3-6-15(14)17/h3-9,12,21H,10-11H2,1-2H3,(H,19,20). The Morgan fingerprint density at radius 3 is 2.82 bits per heavy atom. The predicted octanol–water partition coefficient (Wildman–Crippen LogP) is 3.84. The third kappa shape index (κ3) is 2.97. The van der Waals surface area contributed by atoms with Crippen LogP contribution in [0.4, 0.5) is 5.82 Å². The van der Waals surface area contributed by atoms with Crippen molar-refractivity contribution in [3.8, 4) is 0 Å². The molecule has 0 saturated carbocycles. The molecular formula is C18H20N2O2. The van der Waals surface area contributed by atoms with Crippen molar-refractivity contribution >= 4 is 16.8 Å². The number of aromatic nitrogens is 1. The number of anilines is 1. The number of nitrogens with zero attached hydrogens (tertiary/aromatic N) is 1. The number of hydrogen-bond donors (Lipinski definition) is 2. The SMILES string of the molecule is Cc1oc2ccccc2c1CCNc1cccc(C(C)O)n1.